The van der Waals surface area contributed by atoms with Crippen molar-refractivity contribution in [3.05, 3.63) is 29.2 Å². The van der Waals surface area contributed by atoms with Gasteiger partial charge in [0.1, 0.15) is 15.7 Å². The fraction of sp³-hybridized carbons (Fsp3) is 0.333. The molecule has 0 unspecified atom stereocenters. The molecule has 0 saturated carbocycles. The molecule has 4 nitrogen and oxygen atoms in total. The predicted molar refractivity (Wildman–Crippen MR) is 77.7 cm³/mol. The maximum Gasteiger partial charge on any atom is 0.144 e. The Balaban J connectivity index is 2.57. The van der Waals surface area contributed by atoms with Gasteiger partial charge in [-0.15, -0.1) is 11.3 Å². The van der Waals surface area contributed by atoms with Gasteiger partial charge in [-0.05, 0) is 0 Å². The largest absolute Gasteiger partial charge is 0.389 e. The number of aromatic nitrogens is 3. The molecular weight excluding hydrogens is 264 g/mol. The molecule has 0 spiro atoms. The van der Waals surface area contributed by atoms with Gasteiger partial charge in [0.2, 0.25) is 0 Å². The van der Waals surface area contributed by atoms with Crippen molar-refractivity contribution in [2.24, 2.45) is 5.73 Å². The molecule has 0 radical (unpaired) electrons. The van der Waals surface area contributed by atoms with Crippen LogP contribution in [0.15, 0.2) is 18.6 Å². The molecule has 0 amide bonds. The van der Waals surface area contributed by atoms with Crippen molar-refractivity contribution in [1.82, 2.24) is 15.0 Å². The van der Waals surface area contributed by atoms with Crippen molar-refractivity contribution in [1.29, 1.82) is 0 Å². The molecule has 0 aromatic carbocycles. The monoisotopic (exact) mass is 278 g/mol. The van der Waals surface area contributed by atoms with Crippen LogP contribution in [-0.2, 0) is 5.41 Å². The second-order valence-corrected chi connectivity index (χ2v) is 6.34. The molecule has 6 heteroatoms. The molecule has 2 N–H and O–H groups in total. The molecule has 18 heavy (non-hydrogen) atoms. The van der Waals surface area contributed by atoms with Gasteiger partial charge in [-0.2, -0.15) is 0 Å². The smallest absolute Gasteiger partial charge is 0.144 e. The molecule has 0 aliphatic rings. The van der Waals surface area contributed by atoms with Crippen LogP contribution in [0.2, 0.25) is 0 Å². The van der Waals surface area contributed by atoms with Crippen LogP contribution in [0.3, 0.4) is 0 Å². The first kappa shape index (κ1) is 13.0. The summed E-state index contributed by atoms with van der Waals surface area (Å²) in [7, 11) is 0. The zero-order valence-corrected chi connectivity index (χ0v) is 12.1. The second kappa shape index (κ2) is 4.70. The lowest BCUT2D eigenvalue weighted by atomic mass is 9.91. The van der Waals surface area contributed by atoms with Crippen LogP contribution in [0.5, 0.6) is 0 Å². The average Bonchev–Trinajstić information content (AvgIpc) is 2.74. The highest BCUT2D eigenvalue weighted by Gasteiger charge is 2.25. The number of nitrogens with zero attached hydrogens (tertiary/aromatic N) is 3. The Kier molecular flexibility index (Phi) is 3.41. The fourth-order valence-corrected chi connectivity index (χ4v) is 2.83. The van der Waals surface area contributed by atoms with Gasteiger partial charge in [-0.3, -0.25) is 9.97 Å². The van der Waals surface area contributed by atoms with Gasteiger partial charge < -0.3 is 5.73 Å². The molecule has 0 atom stereocenters. The zero-order chi connectivity index (χ0) is 13.3. The van der Waals surface area contributed by atoms with E-state index in [1.165, 1.54) is 11.3 Å². The summed E-state index contributed by atoms with van der Waals surface area (Å²) in [4.78, 5) is 14.2. The van der Waals surface area contributed by atoms with Crippen molar-refractivity contribution in [2.75, 3.05) is 0 Å². The Hall–Kier alpha value is -1.40. The third-order valence-corrected chi connectivity index (χ3v) is 3.79. The van der Waals surface area contributed by atoms with Gasteiger partial charge in [0, 0.05) is 17.8 Å². The number of rotatable bonds is 2. The van der Waals surface area contributed by atoms with Gasteiger partial charge in [0.05, 0.1) is 16.8 Å². The normalized spacial score (nSPS) is 11.5. The van der Waals surface area contributed by atoms with E-state index in [1.807, 2.05) is 0 Å². The number of hydrogen-bond acceptors (Lipinski definition) is 5. The Labute approximate surface area is 115 Å². The highest BCUT2D eigenvalue weighted by molar-refractivity contribution is 7.81. The van der Waals surface area contributed by atoms with Crippen molar-refractivity contribution in [2.45, 2.75) is 26.2 Å². The van der Waals surface area contributed by atoms with Crippen molar-refractivity contribution in [3.8, 4) is 10.7 Å². The summed E-state index contributed by atoms with van der Waals surface area (Å²) in [6, 6.07) is 0. The molecule has 0 aliphatic carbocycles. The topological polar surface area (TPSA) is 64.7 Å². The summed E-state index contributed by atoms with van der Waals surface area (Å²) in [5.41, 5.74) is 7.33. The van der Waals surface area contributed by atoms with E-state index in [9.17, 15) is 0 Å². The first-order chi connectivity index (χ1) is 8.39. The van der Waals surface area contributed by atoms with E-state index < -0.39 is 0 Å². The SMILES string of the molecule is CC(C)(C)c1nc(-c2cnccn2)sc1C(N)=S. The highest BCUT2D eigenvalue weighted by atomic mass is 32.1. The lowest BCUT2D eigenvalue weighted by Gasteiger charge is -2.16. The second-order valence-electron chi connectivity index (χ2n) is 4.90. The molecule has 2 aromatic heterocycles. The third kappa shape index (κ3) is 2.54. The van der Waals surface area contributed by atoms with Crippen LogP contribution in [0.25, 0.3) is 10.7 Å². The quantitative estimate of drug-likeness (QED) is 0.855. The summed E-state index contributed by atoms with van der Waals surface area (Å²) >= 11 is 6.56. The summed E-state index contributed by atoms with van der Waals surface area (Å²) in [6.45, 7) is 6.26. The van der Waals surface area contributed by atoms with Crippen molar-refractivity contribution >= 4 is 28.5 Å². The maximum atomic E-state index is 5.77. The van der Waals surface area contributed by atoms with Gasteiger partial charge >= 0.3 is 0 Å². The van der Waals surface area contributed by atoms with Crippen LogP contribution < -0.4 is 5.73 Å². The molecule has 2 aromatic rings. The molecular formula is C12H14N4S2. The Morgan fingerprint density at radius 1 is 1.33 bits per heavy atom. The fourth-order valence-electron chi connectivity index (χ4n) is 1.51. The van der Waals surface area contributed by atoms with Gasteiger partial charge in [-0.1, -0.05) is 33.0 Å². The highest BCUT2D eigenvalue weighted by Crippen LogP contribution is 2.33. The molecule has 94 valence electrons. The minimum atomic E-state index is -0.101. The minimum Gasteiger partial charge on any atom is -0.389 e. The molecule has 2 rings (SSSR count). The molecule has 2 heterocycles. The van der Waals surface area contributed by atoms with Crippen molar-refractivity contribution in [3.63, 3.8) is 0 Å². The van der Waals surface area contributed by atoms with Crippen LogP contribution >= 0.6 is 23.6 Å². The number of hydrogen-bond donors (Lipinski definition) is 1. The minimum absolute atomic E-state index is 0.101. The predicted octanol–water partition coefficient (Wildman–Crippen LogP) is 2.53. The summed E-state index contributed by atoms with van der Waals surface area (Å²) < 4.78 is 0. The maximum absolute atomic E-state index is 5.77. The van der Waals surface area contributed by atoms with E-state index in [4.69, 9.17) is 18.0 Å². The molecule has 0 saturated heterocycles. The summed E-state index contributed by atoms with van der Waals surface area (Å²) in [6.07, 6.45) is 4.97. The number of nitrogens with two attached hydrogens (primary N) is 1. The average molecular weight is 278 g/mol. The third-order valence-electron chi connectivity index (χ3n) is 2.34. The van der Waals surface area contributed by atoms with E-state index in [0.29, 0.717) is 4.99 Å². The van der Waals surface area contributed by atoms with E-state index in [-0.39, 0.29) is 5.41 Å². The van der Waals surface area contributed by atoms with Gasteiger partial charge in [0.25, 0.3) is 0 Å². The van der Waals surface area contributed by atoms with Crippen molar-refractivity contribution < 1.29 is 0 Å². The van der Waals surface area contributed by atoms with Crippen LogP contribution in [0.1, 0.15) is 31.3 Å². The number of thiazole rings is 1. The van der Waals surface area contributed by atoms with E-state index in [1.54, 1.807) is 18.6 Å². The van der Waals surface area contributed by atoms with Gasteiger partial charge in [0.15, 0.2) is 0 Å². The van der Waals surface area contributed by atoms with E-state index in [2.05, 4.69) is 35.7 Å². The van der Waals surface area contributed by atoms with Crippen LogP contribution in [0.4, 0.5) is 0 Å². The van der Waals surface area contributed by atoms with E-state index in [0.717, 1.165) is 21.3 Å². The lowest BCUT2D eigenvalue weighted by Crippen LogP contribution is -2.19. The van der Waals surface area contributed by atoms with Gasteiger partial charge in [-0.25, -0.2) is 4.98 Å². The standard InChI is InChI=1S/C12H14N4S2/c1-12(2,3)9-8(10(13)17)18-11(16-9)7-6-14-4-5-15-7/h4-6H,1-3H3,(H2,13,17). The lowest BCUT2D eigenvalue weighted by molar-refractivity contribution is 0.572. The van der Waals surface area contributed by atoms with Crippen LogP contribution in [-0.4, -0.2) is 19.9 Å². The molecule has 0 aliphatic heterocycles. The Morgan fingerprint density at radius 2 is 2.06 bits per heavy atom. The van der Waals surface area contributed by atoms with Crippen LogP contribution in [0, 0.1) is 0 Å². The number of thiocarbonyl (C=S) groups is 1. The van der Waals surface area contributed by atoms with E-state index >= 15 is 0 Å². The first-order valence-corrected chi connectivity index (χ1v) is 6.69. The molecule has 0 fully saturated rings. The summed E-state index contributed by atoms with van der Waals surface area (Å²) in [5.74, 6) is 0. The zero-order valence-electron chi connectivity index (χ0n) is 10.5. The first-order valence-electron chi connectivity index (χ1n) is 5.47. The molecule has 0 bridgehead atoms. The Morgan fingerprint density at radius 3 is 2.50 bits per heavy atom. The summed E-state index contributed by atoms with van der Waals surface area (Å²) in [5, 5.41) is 0.802. The Bertz CT molecular complexity index is 570.